The number of hydrogen-bond acceptors (Lipinski definition) is 5. The van der Waals surface area contributed by atoms with Crippen molar-refractivity contribution in [2.45, 2.75) is 0 Å². The standard InChI is InChI=1S/C19H19N5O/c1-25-14-6-4-5-13(11-14)17-12-22-19-18(21-10-9-20)23-15-7-2-3-8-16(15)24(17)19/h2-8,11-12H,9-10,20H2,1H3,(H,21,23). The van der Waals surface area contributed by atoms with Gasteiger partial charge >= 0.3 is 0 Å². The molecule has 4 rings (SSSR count). The number of methoxy groups -OCH3 is 1. The number of nitrogens with two attached hydrogens (primary N) is 1. The summed E-state index contributed by atoms with van der Waals surface area (Å²) in [6, 6.07) is 16.0. The van der Waals surface area contributed by atoms with Crippen molar-refractivity contribution in [1.29, 1.82) is 0 Å². The largest absolute Gasteiger partial charge is 0.497 e. The smallest absolute Gasteiger partial charge is 0.181 e. The van der Waals surface area contributed by atoms with Crippen molar-refractivity contribution < 1.29 is 4.74 Å². The molecule has 4 aromatic rings. The van der Waals surface area contributed by atoms with E-state index in [0.717, 1.165) is 39.5 Å². The predicted molar refractivity (Wildman–Crippen MR) is 100 cm³/mol. The fraction of sp³-hybridized carbons (Fsp3) is 0.158. The molecule has 0 atom stereocenters. The molecular formula is C19H19N5O. The first-order chi connectivity index (χ1) is 12.3. The highest BCUT2D eigenvalue weighted by atomic mass is 16.5. The Balaban J connectivity index is 2.01. The second-order valence-electron chi connectivity index (χ2n) is 5.70. The van der Waals surface area contributed by atoms with Crippen molar-refractivity contribution >= 4 is 22.5 Å². The summed E-state index contributed by atoms with van der Waals surface area (Å²) in [6.45, 7) is 1.17. The van der Waals surface area contributed by atoms with Crippen LogP contribution in [-0.4, -0.2) is 34.6 Å². The predicted octanol–water partition coefficient (Wildman–Crippen LogP) is 2.93. The zero-order valence-corrected chi connectivity index (χ0v) is 13.9. The number of nitrogens with one attached hydrogen (secondary N) is 1. The van der Waals surface area contributed by atoms with Crippen LogP contribution in [0, 0.1) is 0 Å². The number of hydrogen-bond donors (Lipinski definition) is 2. The minimum Gasteiger partial charge on any atom is -0.497 e. The molecule has 0 spiro atoms. The molecule has 2 heterocycles. The highest BCUT2D eigenvalue weighted by Crippen LogP contribution is 2.29. The Morgan fingerprint density at radius 3 is 2.88 bits per heavy atom. The first-order valence-electron chi connectivity index (χ1n) is 8.16. The number of anilines is 1. The van der Waals surface area contributed by atoms with Crippen molar-refractivity contribution in [3.8, 4) is 17.0 Å². The number of fused-ring (bicyclic) bond motifs is 3. The summed E-state index contributed by atoms with van der Waals surface area (Å²) in [5, 5.41) is 3.27. The van der Waals surface area contributed by atoms with Crippen molar-refractivity contribution in [2.75, 3.05) is 25.5 Å². The lowest BCUT2D eigenvalue weighted by atomic mass is 10.1. The minimum atomic E-state index is 0.532. The maximum absolute atomic E-state index is 5.63. The second-order valence-corrected chi connectivity index (χ2v) is 5.70. The van der Waals surface area contributed by atoms with Crippen LogP contribution < -0.4 is 15.8 Å². The van der Waals surface area contributed by atoms with Crippen molar-refractivity contribution in [3.05, 3.63) is 54.7 Å². The summed E-state index contributed by atoms with van der Waals surface area (Å²) >= 11 is 0. The Bertz CT molecular complexity index is 1040. The average molecular weight is 333 g/mol. The molecule has 0 bridgehead atoms. The molecule has 0 radical (unpaired) electrons. The lowest BCUT2D eigenvalue weighted by molar-refractivity contribution is 0.415. The quantitative estimate of drug-likeness (QED) is 0.587. The summed E-state index contributed by atoms with van der Waals surface area (Å²) in [4.78, 5) is 9.32. The summed E-state index contributed by atoms with van der Waals surface area (Å²) in [6.07, 6.45) is 1.87. The minimum absolute atomic E-state index is 0.532. The molecule has 0 fully saturated rings. The summed E-state index contributed by atoms with van der Waals surface area (Å²) < 4.78 is 7.48. The Hall–Kier alpha value is -3.12. The summed E-state index contributed by atoms with van der Waals surface area (Å²) in [7, 11) is 1.67. The molecule has 6 heteroatoms. The van der Waals surface area contributed by atoms with Crippen molar-refractivity contribution in [1.82, 2.24) is 14.4 Å². The molecule has 6 nitrogen and oxygen atoms in total. The van der Waals surface area contributed by atoms with E-state index >= 15 is 0 Å². The SMILES string of the molecule is COc1cccc(-c2cnc3c(NCCN)nc4ccccc4n23)c1. The normalized spacial score (nSPS) is 11.1. The lowest BCUT2D eigenvalue weighted by Crippen LogP contribution is -2.15. The topological polar surface area (TPSA) is 77.5 Å². The monoisotopic (exact) mass is 333 g/mol. The molecule has 3 N–H and O–H groups in total. The first-order valence-corrected chi connectivity index (χ1v) is 8.16. The lowest BCUT2D eigenvalue weighted by Gasteiger charge is -2.11. The third-order valence-corrected chi connectivity index (χ3v) is 4.13. The second kappa shape index (κ2) is 6.41. The van der Waals surface area contributed by atoms with Gasteiger partial charge in [0, 0.05) is 18.7 Å². The van der Waals surface area contributed by atoms with Crippen LogP contribution in [0.3, 0.4) is 0 Å². The highest BCUT2D eigenvalue weighted by molar-refractivity contribution is 5.86. The Morgan fingerprint density at radius 2 is 2.04 bits per heavy atom. The molecule has 0 aliphatic carbocycles. The van der Waals surface area contributed by atoms with Gasteiger partial charge in [0.2, 0.25) is 0 Å². The van der Waals surface area contributed by atoms with Gasteiger partial charge in [0.25, 0.3) is 0 Å². The molecule has 126 valence electrons. The number of nitrogens with zero attached hydrogens (tertiary/aromatic N) is 3. The molecule has 2 aromatic carbocycles. The molecule has 0 amide bonds. The number of aromatic nitrogens is 3. The summed E-state index contributed by atoms with van der Waals surface area (Å²) in [5.41, 5.74) is 10.3. The van der Waals surface area contributed by atoms with Gasteiger partial charge in [-0.2, -0.15) is 0 Å². The highest BCUT2D eigenvalue weighted by Gasteiger charge is 2.14. The van der Waals surface area contributed by atoms with Gasteiger partial charge in [0.1, 0.15) is 5.75 Å². The van der Waals surface area contributed by atoms with E-state index in [-0.39, 0.29) is 0 Å². The van der Waals surface area contributed by atoms with Gasteiger partial charge in [0.15, 0.2) is 11.5 Å². The van der Waals surface area contributed by atoms with E-state index in [4.69, 9.17) is 15.5 Å². The molecule has 2 aromatic heterocycles. The van der Waals surface area contributed by atoms with E-state index in [0.29, 0.717) is 13.1 Å². The van der Waals surface area contributed by atoms with Crippen LogP contribution in [0.1, 0.15) is 0 Å². The molecular weight excluding hydrogens is 314 g/mol. The van der Waals surface area contributed by atoms with Crippen LogP contribution in [0.15, 0.2) is 54.7 Å². The van der Waals surface area contributed by atoms with E-state index in [1.54, 1.807) is 7.11 Å². The fourth-order valence-corrected chi connectivity index (χ4v) is 2.98. The van der Waals surface area contributed by atoms with Crippen LogP contribution in [0.25, 0.3) is 27.9 Å². The van der Waals surface area contributed by atoms with Gasteiger partial charge in [-0.1, -0.05) is 24.3 Å². The average Bonchev–Trinajstić information content (AvgIpc) is 3.12. The molecule has 0 aliphatic rings. The summed E-state index contributed by atoms with van der Waals surface area (Å²) in [5.74, 6) is 1.55. The first kappa shape index (κ1) is 15.4. The molecule has 0 aliphatic heterocycles. The van der Waals surface area contributed by atoms with Crippen LogP contribution in [0.4, 0.5) is 5.82 Å². The number of rotatable bonds is 5. The third-order valence-electron chi connectivity index (χ3n) is 4.13. The maximum Gasteiger partial charge on any atom is 0.181 e. The zero-order valence-electron chi connectivity index (χ0n) is 13.9. The Morgan fingerprint density at radius 1 is 1.16 bits per heavy atom. The van der Waals surface area contributed by atoms with E-state index in [9.17, 15) is 0 Å². The van der Waals surface area contributed by atoms with Gasteiger partial charge in [-0.05, 0) is 24.3 Å². The van der Waals surface area contributed by atoms with E-state index in [1.807, 2.05) is 54.7 Å². The van der Waals surface area contributed by atoms with Crippen molar-refractivity contribution in [3.63, 3.8) is 0 Å². The van der Waals surface area contributed by atoms with Crippen LogP contribution in [0.5, 0.6) is 5.75 Å². The number of benzene rings is 2. The van der Waals surface area contributed by atoms with E-state index in [2.05, 4.69) is 14.7 Å². The van der Waals surface area contributed by atoms with Crippen LogP contribution in [0.2, 0.25) is 0 Å². The third kappa shape index (κ3) is 2.66. The molecule has 0 saturated carbocycles. The van der Waals surface area contributed by atoms with Gasteiger partial charge in [-0.15, -0.1) is 0 Å². The van der Waals surface area contributed by atoms with Crippen LogP contribution in [-0.2, 0) is 0 Å². The molecule has 25 heavy (non-hydrogen) atoms. The molecule has 0 saturated heterocycles. The maximum atomic E-state index is 5.63. The van der Waals surface area contributed by atoms with Gasteiger partial charge in [-0.3, -0.25) is 4.40 Å². The van der Waals surface area contributed by atoms with Crippen LogP contribution >= 0.6 is 0 Å². The van der Waals surface area contributed by atoms with E-state index < -0.39 is 0 Å². The van der Waals surface area contributed by atoms with Gasteiger partial charge < -0.3 is 15.8 Å². The number of ether oxygens (including phenoxy) is 1. The number of imidazole rings is 1. The zero-order chi connectivity index (χ0) is 17.2. The van der Waals surface area contributed by atoms with Gasteiger partial charge in [0.05, 0.1) is 30.0 Å². The Labute approximate surface area is 145 Å². The van der Waals surface area contributed by atoms with Crippen molar-refractivity contribution in [2.24, 2.45) is 5.73 Å². The van der Waals surface area contributed by atoms with E-state index in [1.165, 1.54) is 0 Å². The fourth-order valence-electron chi connectivity index (χ4n) is 2.98. The molecule has 0 unspecified atom stereocenters. The Kier molecular flexibility index (Phi) is 3.95. The number of para-hydroxylation sites is 2. The van der Waals surface area contributed by atoms with Gasteiger partial charge in [-0.25, -0.2) is 9.97 Å².